The van der Waals surface area contributed by atoms with Crippen LogP contribution in [0.1, 0.15) is 11.1 Å². The molecule has 3 heterocycles. The second-order valence-electron chi connectivity index (χ2n) is 14.0. The van der Waals surface area contributed by atoms with Crippen molar-refractivity contribution in [3.8, 4) is 40.3 Å². The van der Waals surface area contributed by atoms with E-state index in [9.17, 15) is 10.5 Å². The van der Waals surface area contributed by atoms with Gasteiger partial charge in [0.2, 0.25) is 0 Å². The number of fused-ring (bicyclic) bond motifs is 9. The highest BCUT2D eigenvalue weighted by molar-refractivity contribution is 6.16. The van der Waals surface area contributed by atoms with Gasteiger partial charge in [0.1, 0.15) is 6.07 Å². The summed E-state index contributed by atoms with van der Waals surface area (Å²) in [7, 11) is 0. The summed E-state index contributed by atoms with van der Waals surface area (Å²) in [6, 6.07) is 65.9. The van der Waals surface area contributed by atoms with Gasteiger partial charge in [0, 0.05) is 38.0 Å². The van der Waals surface area contributed by atoms with Gasteiger partial charge in [-0.1, -0.05) is 97.1 Å². The fourth-order valence-electron chi connectivity index (χ4n) is 8.77. The van der Waals surface area contributed by atoms with Crippen molar-refractivity contribution in [1.29, 1.82) is 10.5 Å². The SMILES string of the molecule is N#Cc1ccc2c(c1)c1ccccc1n2-c1cccc2c1c1ccccc1n2-c1cccc(-c2ccc(-n3c4ccccc4c4ccccc43)c(C#N)c2)c1. The summed E-state index contributed by atoms with van der Waals surface area (Å²) in [5.74, 6) is 0. The lowest BCUT2D eigenvalue weighted by molar-refractivity contribution is 1.16. The minimum atomic E-state index is 0.615. The Bertz CT molecular complexity index is 3420. The zero-order valence-electron chi connectivity index (χ0n) is 29.5. The minimum absolute atomic E-state index is 0.615. The van der Waals surface area contributed by atoms with Crippen LogP contribution in [0.4, 0.5) is 0 Å². The summed E-state index contributed by atoms with van der Waals surface area (Å²) >= 11 is 0. The van der Waals surface area contributed by atoms with E-state index >= 15 is 0 Å². The van der Waals surface area contributed by atoms with E-state index in [4.69, 9.17) is 0 Å². The van der Waals surface area contributed by atoms with Crippen molar-refractivity contribution < 1.29 is 0 Å². The van der Waals surface area contributed by atoms with Crippen molar-refractivity contribution in [2.45, 2.75) is 0 Å². The molecular formula is C50H29N5. The number of aromatic nitrogens is 3. The Morgan fingerprint density at radius 3 is 1.56 bits per heavy atom. The highest BCUT2D eigenvalue weighted by Gasteiger charge is 2.20. The molecule has 5 nitrogen and oxygen atoms in total. The van der Waals surface area contributed by atoms with Gasteiger partial charge in [-0.15, -0.1) is 0 Å². The first kappa shape index (κ1) is 30.7. The van der Waals surface area contributed by atoms with Crippen LogP contribution >= 0.6 is 0 Å². The molecule has 11 aromatic rings. The summed E-state index contributed by atoms with van der Waals surface area (Å²) in [6.45, 7) is 0. The third-order valence-electron chi connectivity index (χ3n) is 11.1. The second-order valence-corrected chi connectivity index (χ2v) is 14.0. The predicted molar refractivity (Wildman–Crippen MR) is 224 cm³/mol. The van der Waals surface area contributed by atoms with Crippen molar-refractivity contribution in [2.24, 2.45) is 0 Å². The van der Waals surface area contributed by atoms with E-state index in [2.05, 4.69) is 184 Å². The van der Waals surface area contributed by atoms with Crippen LogP contribution in [0.25, 0.3) is 93.6 Å². The maximum Gasteiger partial charge on any atom is 0.101 e. The van der Waals surface area contributed by atoms with Crippen molar-refractivity contribution in [2.75, 3.05) is 0 Å². The molecule has 0 N–H and O–H groups in total. The number of nitriles is 2. The lowest BCUT2D eigenvalue weighted by Gasteiger charge is -2.14. The Labute approximate surface area is 316 Å². The molecule has 0 aliphatic carbocycles. The average molecular weight is 700 g/mol. The van der Waals surface area contributed by atoms with E-state index in [0.29, 0.717) is 11.1 Å². The normalized spacial score (nSPS) is 11.6. The predicted octanol–water partition coefficient (Wildman–Crippen LogP) is 12.4. The molecule has 55 heavy (non-hydrogen) atoms. The summed E-state index contributed by atoms with van der Waals surface area (Å²) < 4.78 is 6.89. The van der Waals surface area contributed by atoms with Crippen LogP contribution in [0.5, 0.6) is 0 Å². The average Bonchev–Trinajstić information content (AvgIpc) is 3.89. The lowest BCUT2D eigenvalue weighted by Crippen LogP contribution is -1.98. The molecule has 0 atom stereocenters. The fourth-order valence-corrected chi connectivity index (χ4v) is 8.77. The van der Waals surface area contributed by atoms with E-state index < -0.39 is 0 Å². The summed E-state index contributed by atoms with van der Waals surface area (Å²) in [5, 5.41) is 27.1. The van der Waals surface area contributed by atoms with Gasteiger partial charge in [0.05, 0.1) is 61.7 Å². The number of para-hydroxylation sites is 4. The number of benzene rings is 8. The third-order valence-corrected chi connectivity index (χ3v) is 11.1. The zero-order chi connectivity index (χ0) is 36.6. The first-order valence-electron chi connectivity index (χ1n) is 18.3. The summed E-state index contributed by atoms with van der Waals surface area (Å²) in [6.07, 6.45) is 0. The molecule has 0 aliphatic heterocycles. The quantitative estimate of drug-likeness (QED) is 0.184. The molecule has 0 aliphatic rings. The monoisotopic (exact) mass is 699 g/mol. The highest BCUT2D eigenvalue weighted by atomic mass is 15.0. The zero-order valence-corrected chi connectivity index (χ0v) is 29.5. The maximum atomic E-state index is 10.6. The fraction of sp³-hybridized carbons (Fsp3) is 0. The van der Waals surface area contributed by atoms with Gasteiger partial charge in [-0.2, -0.15) is 10.5 Å². The Morgan fingerprint density at radius 1 is 0.345 bits per heavy atom. The summed E-state index contributed by atoms with van der Waals surface area (Å²) in [4.78, 5) is 0. The molecule has 0 unspecified atom stereocenters. The first-order chi connectivity index (χ1) is 27.2. The number of hydrogen-bond acceptors (Lipinski definition) is 2. The molecule has 0 fully saturated rings. The molecule has 0 amide bonds. The Hall–Kier alpha value is -7.86. The van der Waals surface area contributed by atoms with Crippen LogP contribution in [0.2, 0.25) is 0 Å². The van der Waals surface area contributed by atoms with Gasteiger partial charge in [-0.25, -0.2) is 0 Å². The third kappa shape index (κ3) is 4.45. The molecule has 0 bridgehead atoms. The maximum absolute atomic E-state index is 10.6. The van der Waals surface area contributed by atoms with Gasteiger partial charge in [0.15, 0.2) is 0 Å². The molecule has 8 aromatic carbocycles. The van der Waals surface area contributed by atoms with Crippen molar-refractivity contribution in [1.82, 2.24) is 13.7 Å². The van der Waals surface area contributed by atoms with E-state index in [1.165, 1.54) is 10.8 Å². The molecule has 0 radical (unpaired) electrons. The van der Waals surface area contributed by atoms with Gasteiger partial charge >= 0.3 is 0 Å². The molecule has 5 heteroatoms. The van der Waals surface area contributed by atoms with Crippen molar-refractivity contribution >= 4 is 65.4 Å². The smallest absolute Gasteiger partial charge is 0.101 e. The number of rotatable bonds is 4. The van der Waals surface area contributed by atoms with Crippen LogP contribution in [-0.4, -0.2) is 13.7 Å². The van der Waals surface area contributed by atoms with E-state index in [0.717, 1.165) is 82.8 Å². The van der Waals surface area contributed by atoms with Gasteiger partial charge in [-0.05, 0) is 90.0 Å². The number of hydrogen-bond donors (Lipinski definition) is 0. The Kier molecular flexibility index (Phi) is 6.61. The van der Waals surface area contributed by atoms with Gasteiger partial charge in [-0.3, -0.25) is 0 Å². The Balaban J connectivity index is 1.10. The highest BCUT2D eigenvalue weighted by Crippen LogP contribution is 2.41. The molecule has 254 valence electrons. The van der Waals surface area contributed by atoms with Crippen molar-refractivity contribution in [3.63, 3.8) is 0 Å². The molecule has 0 saturated heterocycles. The van der Waals surface area contributed by atoms with Crippen LogP contribution < -0.4 is 0 Å². The summed E-state index contributed by atoms with van der Waals surface area (Å²) in [5.41, 5.74) is 12.8. The second kappa shape index (κ2) is 11.8. The largest absolute Gasteiger partial charge is 0.309 e. The van der Waals surface area contributed by atoms with Gasteiger partial charge < -0.3 is 13.7 Å². The van der Waals surface area contributed by atoms with Crippen LogP contribution in [0.3, 0.4) is 0 Å². The first-order valence-corrected chi connectivity index (χ1v) is 18.3. The van der Waals surface area contributed by atoms with E-state index in [1.807, 2.05) is 18.2 Å². The van der Waals surface area contributed by atoms with Crippen molar-refractivity contribution in [3.05, 3.63) is 187 Å². The minimum Gasteiger partial charge on any atom is -0.309 e. The molecule has 3 aromatic heterocycles. The molecule has 0 spiro atoms. The molecule has 0 saturated carbocycles. The molecule has 11 rings (SSSR count). The van der Waals surface area contributed by atoms with E-state index in [-0.39, 0.29) is 0 Å². The molecular weight excluding hydrogens is 671 g/mol. The van der Waals surface area contributed by atoms with Crippen LogP contribution in [-0.2, 0) is 0 Å². The van der Waals surface area contributed by atoms with Gasteiger partial charge in [0.25, 0.3) is 0 Å². The number of nitrogens with zero attached hydrogens (tertiary/aromatic N) is 5. The van der Waals surface area contributed by atoms with E-state index in [1.54, 1.807) is 0 Å². The van der Waals surface area contributed by atoms with Crippen LogP contribution in [0.15, 0.2) is 176 Å². The topological polar surface area (TPSA) is 62.4 Å². The Morgan fingerprint density at radius 2 is 0.891 bits per heavy atom. The standard InChI is InChI=1S/C50H29N5/c51-30-32-23-25-47-41(27-32)39-15-3-7-19-45(39)55(47)49-22-10-21-48-50(49)40-16-4-8-20-46(40)53(48)36-12-9-11-33(29-36)34-24-26-42(35(28-34)31-52)54-43-17-5-1-13-37(43)38-14-2-6-18-44(38)54/h1-29H. The van der Waals surface area contributed by atoms with Crippen LogP contribution in [0, 0.1) is 22.7 Å². The lowest BCUT2D eigenvalue weighted by atomic mass is 10.0.